The Bertz CT molecular complexity index is 716. The summed E-state index contributed by atoms with van der Waals surface area (Å²) in [4.78, 5) is 29.8. The number of carbonyl (C=O) groups excluding carboxylic acids is 2. The van der Waals surface area contributed by atoms with Gasteiger partial charge in [0.2, 0.25) is 0 Å². The van der Waals surface area contributed by atoms with Crippen LogP contribution in [0.5, 0.6) is 5.75 Å². The molecular formula is C22H30N2O3. The molecule has 1 aromatic rings. The summed E-state index contributed by atoms with van der Waals surface area (Å²) < 4.78 is 5.71. The summed E-state index contributed by atoms with van der Waals surface area (Å²) in [5.74, 6) is 0.480. The van der Waals surface area contributed by atoms with Gasteiger partial charge in [0.25, 0.3) is 11.8 Å². The van der Waals surface area contributed by atoms with E-state index in [4.69, 9.17) is 4.74 Å². The number of carbonyl (C=O) groups is 2. The highest BCUT2D eigenvalue weighted by Crippen LogP contribution is 2.34. The first kappa shape index (κ1) is 19.5. The van der Waals surface area contributed by atoms with E-state index in [1.165, 1.54) is 11.3 Å². The average Bonchev–Trinajstić information content (AvgIpc) is 2.91. The molecular weight excluding hydrogens is 340 g/mol. The van der Waals surface area contributed by atoms with Crippen molar-refractivity contribution in [3.8, 4) is 5.75 Å². The Morgan fingerprint density at radius 3 is 2.26 bits per heavy atom. The topological polar surface area (TPSA) is 49.9 Å². The SMILES string of the molecule is CCCCN1C(=O)C(c2ccc(OC(C)C)cc2)=C(N2CCCCC2)C1=O. The van der Waals surface area contributed by atoms with Crippen LogP contribution in [0.2, 0.25) is 0 Å². The molecule has 27 heavy (non-hydrogen) atoms. The lowest BCUT2D eigenvalue weighted by atomic mass is 10.0. The van der Waals surface area contributed by atoms with Gasteiger partial charge in [-0.2, -0.15) is 0 Å². The van der Waals surface area contributed by atoms with Crippen molar-refractivity contribution in [1.29, 1.82) is 0 Å². The number of ether oxygens (including phenoxy) is 1. The lowest BCUT2D eigenvalue weighted by Gasteiger charge is -2.29. The first-order valence-electron chi connectivity index (χ1n) is 10.2. The molecule has 0 unspecified atom stereocenters. The Kier molecular flexibility index (Phi) is 6.19. The van der Waals surface area contributed by atoms with Crippen molar-refractivity contribution in [1.82, 2.24) is 9.80 Å². The number of rotatable bonds is 7. The summed E-state index contributed by atoms with van der Waals surface area (Å²) >= 11 is 0. The van der Waals surface area contributed by atoms with Crippen LogP contribution in [0.1, 0.15) is 58.4 Å². The van der Waals surface area contributed by atoms with Gasteiger partial charge in [-0.3, -0.25) is 14.5 Å². The molecule has 0 aromatic heterocycles. The molecule has 1 aromatic carbocycles. The fourth-order valence-corrected chi connectivity index (χ4v) is 3.73. The van der Waals surface area contributed by atoms with Gasteiger partial charge in [0, 0.05) is 19.6 Å². The molecule has 0 radical (unpaired) electrons. The van der Waals surface area contributed by atoms with Crippen molar-refractivity contribution in [3.05, 3.63) is 35.5 Å². The third-order valence-electron chi connectivity index (χ3n) is 5.07. The van der Waals surface area contributed by atoms with Gasteiger partial charge in [-0.15, -0.1) is 0 Å². The zero-order valence-corrected chi connectivity index (χ0v) is 16.7. The van der Waals surface area contributed by atoms with Gasteiger partial charge in [-0.05, 0) is 57.2 Å². The fourth-order valence-electron chi connectivity index (χ4n) is 3.73. The number of piperidine rings is 1. The molecule has 5 nitrogen and oxygen atoms in total. The molecule has 0 spiro atoms. The maximum atomic E-state index is 13.1. The van der Waals surface area contributed by atoms with Crippen LogP contribution >= 0.6 is 0 Å². The summed E-state index contributed by atoms with van der Waals surface area (Å²) in [6.07, 6.45) is 5.19. The summed E-state index contributed by atoms with van der Waals surface area (Å²) in [6.45, 7) is 8.20. The average molecular weight is 370 g/mol. The van der Waals surface area contributed by atoms with Crippen molar-refractivity contribution in [3.63, 3.8) is 0 Å². The number of unbranched alkanes of at least 4 members (excludes halogenated alkanes) is 1. The Morgan fingerprint density at radius 2 is 1.67 bits per heavy atom. The van der Waals surface area contributed by atoms with Gasteiger partial charge in [-0.1, -0.05) is 25.5 Å². The van der Waals surface area contributed by atoms with E-state index in [1.807, 2.05) is 38.1 Å². The standard InChI is InChI=1S/C22H30N2O3/c1-4-5-15-24-21(25)19(17-9-11-18(12-10-17)27-16(2)3)20(22(24)26)23-13-7-6-8-14-23/h9-12,16H,4-8,13-15H2,1-3H3. The minimum Gasteiger partial charge on any atom is -0.491 e. The maximum Gasteiger partial charge on any atom is 0.277 e. The van der Waals surface area contributed by atoms with E-state index in [-0.39, 0.29) is 17.9 Å². The Hall–Kier alpha value is -2.30. The second-order valence-electron chi connectivity index (χ2n) is 7.58. The van der Waals surface area contributed by atoms with Crippen molar-refractivity contribution in [2.24, 2.45) is 0 Å². The second kappa shape index (κ2) is 8.59. The van der Waals surface area contributed by atoms with E-state index in [0.717, 1.165) is 50.1 Å². The minimum absolute atomic E-state index is 0.0956. The van der Waals surface area contributed by atoms with Crippen molar-refractivity contribution in [2.75, 3.05) is 19.6 Å². The normalized spacial score (nSPS) is 18.1. The molecule has 0 N–H and O–H groups in total. The molecule has 0 atom stereocenters. The van der Waals surface area contributed by atoms with Crippen molar-refractivity contribution < 1.29 is 14.3 Å². The largest absolute Gasteiger partial charge is 0.491 e. The zero-order chi connectivity index (χ0) is 19.4. The molecule has 0 saturated carbocycles. The molecule has 3 rings (SSSR count). The van der Waals surface area contributed by atoms with Crippen molar-refractivity contribution in [2.45, 2.75) is 59.0 Å². The minimum atomic E-state index is -0.161. The number of hydrogen-bond donors (Lipinski definition) is 0. The molecule has 1 fully saturated rings. The summed E-state index contributed by atoms with van der Waals surface area (Å²) in [6, 6.07) is 7.54. The van der Waals surface area contributed by atoms with Crippen LogP contribution in [-0.2, 0) is 9.59 Å². The number of hydrogen-bond acceptors (Lipinski definition) is 4. The van der Waals surface area contributed by atoms with Crippen LogP contribution in [0, 0.1) is 0 Å². The van der Waals surface area contributed by atoms with Crippen LogP contribution in [0.25, 0.3) is 5.57 Å². The zero-order valence-electron chi connectivity index (χ0n) is 16.7. The predicted molar refractivity (Wildman–Crippen MR) is 106 cm³/mol. The van der Waals surface area contributed by atoms with Crippen LogP contribution in [0.15, 0.2) is 30.0 Å². The highest BCUT2D eigenvalue weighted by Gasteiger charge is 2.41. The number of likely N-dealkylation sites (tertiary alicyclic amines) is 1. The van der Waals surface area contributed by atoms with Crippen LogP contribution in [-0.4, -0.2) is 47.4 Å². The Morgan fingerprint density at radius 1 is 1.00 bits per heavy atom. The van der Waals surface area contributed by atoms with Gasteiger partial charge in [-0.25, -0.2) is 0 Å². The van der Waals surface area contributed by atoms with E-state index in [9.17, 15) is 9.59 Å². The molecule has 0 aliphatic carbocycles. The Balaban J connectivity index is 1.96. The van der Waals surface area contributed by atoms with Gasteiger partial charge >= 0.3 is 0 Å². The molecule has 1 saturated heterocycles. The van der Waals surface area contributed by atoms with Crippen LogP contribution in [0.3, 0.4) is 0 Å². The number of imide groups is 1. The van der Waals surface area contributed by atoms with E-state index >= 15 is 0 Å². The number of amides is 2. The van der Waals surface area contributed by atoms with Gasteiger partial charge < -0.3 is 9.64 Å². The van der Waals surface area contributed by atoms with Gasteiger partial charge in [0.05, 0.1) is 11.7 Å². The van der Waals surface area contributed by atoms with Gasteiger partial charge in [0.15, 0.2) is 0 Å². The highest BCUT2D eigenvalue weighted by molar-refractivity contribution is 6.35. The molecule has 2 aliphatic rings. The van der Waals surface area contributed by atoms with E-state index < -0.39 is 0 Å². The van der Waals surface area contributed by atoms with Crippen LogP contribution in [0.4, 0.5) is 0 Å². The lowest BCUT2D eigenvalue weighted by molar-refractivity contribution is -0.137. The van der Waals surface area contributed by atoms with E-state index in [2.05, 4.69) is 11.8 Å². The number of nitrogens with zero attached hydrogens (tertiary/aromatic N) is 2. The summed E-state index contributed by atoms with van der Waals surface area (Å²) in [7, 11) is 0. The lowest BCUT2D eigenvalue weighted by Crippen LogP contribution is -2.37. The summed E-state index contributed by atoms with van der Waals surface area (Å²) in [5.41, 5.74) is 1.94. The van der Waals surface area contributed by atoms with Crippen molar-refractivity contribution >= 4 is 17.4 Å². The first-order chi connectivity index (χ1) is 13.0. The predicted octanol–water partition coefficient (Wildman–Crippen LogP) is 3.84. The third-order valence-corrected chi connectivity index (χ3v) is 5.07. The molecule has 146 valence electrons. The third kappa shape index (κ3) is 4.18. The quantitative estimate of drug-likeness (QED) is 0.684. The summed E-state index contributed by atoms with van der Waals surface area (Å²) in [5, 5.41) is 0. The maximum absolute atomic E-state index is 13.1. The molecule has 2 amide bonds. The molecule has 2 aliphatic heterocycles. The number of benzene rings is 1. The van der Waals surface area contributed by atoms with E-state index in [0.29, 0.717) is 17.8 Å². The molecule has 2 heterocycles. The Labute approximate surface area is 162 Å². The van der Waals surface area contributed by atoms with Crippen LogP contribution < -0.4 is 4.74 Å². The molecule has 0 bridgehead atoms. The second-order valence-corrected chi connectivity index (χ2v) is 7.58. The highest BCUT2D eigenvalue weighted by atomic mass is 16.5. The van der Waals surface area contributed by atoms with E-state index in [1.54, 1.807) is 0 Å². The first-order valence-corrected chi connectivity index (χ1v) is 10.2. The van der Waals surface area contributed by atoms with Gasteiger partial charge in [0.1, 0.15) is 11.4 Å². The smallest absolute Gasteiger partial charge is 0.277 e. The fraction of sp³-hybridized carbons (Fsp3) is 0.545. The molecule has 5 heteroatoms. The monoisotopic (exact) mass is 370 g/mol.